The number of sulfonamides is 1. The van der Waals surface area contributed by atoms with Gasteiger partial charge in [0.1, 0.15) is 11.6 Å². The van der Waals surface area contributed by atoms with Gasteiger partial charge < -0.3 is 14.6 Å². The van der Waals surface area contributed by atoms with Crippen LogP contribution in [-0.2, 0) is 16.6 Å². The lowest BCUT2D eigenvalue weighted by Crippen LogP contribution is -2.23. The standard InChI is InChI=1S/C21H24N4O4S/c1-3-25(4-2)20-12-9-17(14-22-20)24-21(26)16-7-10-19(11-8-16)30(27,28)23-15-18-6-5-13-29-18/h5-14,23H,3-4,15H2,1-2H3,(H,24,26). The molecule has 1 aromatic carbocycles. The number of carbonyl (C=O) groups is 1. The van der Waals surface area contributed by atoms with Crippen molar-refractivity contribution in [2.75, 3.05) is 23.3 Å². The Morgan fingerprint density at radius 2 is 1.80 bits per heavy atom. The van der Waals surface area contributed by atoms with Crippen molar-refractivity contribution in [1.29, 1.82) is 0 Å². The van der Waals surface area contributed by atoms with Gasteiger partial charge in [-0.2, -0.15) is 0 Å². The highest BCUT2D eigenvalue weighted by molar-refractivity contribution is 7.89. The number of nitrogens with one attached hydrogen (secondary N) is 2. The number of rotatable bonds is 9. The zero-order valence-electron chi connectivity index (χ0n) is 16.8. The van der Waals surface area contributed by atoms with Crippen LogP contribution in [0.5, 0.6) is 0 Å². The smallest absolute Gasteiger partial charge is 0.255 e. The predicted molar refractivity (Wildman–Crippen MR) is 115 cm³/mol. The van der Waals surface area contributed by atoms with Crippen LogP contribution in [0.25, 0.3) is 0 Å². The number of furan rings is 1. The number of carbonyl (C=O) groups excluding carboxylic acids is 1. The summed E-state index contributed by atoms with van der Waals surface area (Å²) in [6.45, 7) is 5.85. The lowest BCUT2D eigenvalue weighted by molar-refractivity contribution is 0.102. The van der Waals surface area contributed by atoms with Gasteiger partial charge in [-0.3, -0.25) is 4.79 Å². The average Bonchev–Trinajstić information content (AvgIpc) is 3.28. The van der Waals surface area contributed by atoms with E-state index in [1.807, 2.05) is 6.07 Å². The molecule has 0 spiro atoms. The van der Waals surface area contributed by atoms with Crippen molar-refractivity contribution in [3.8, 4) is 0 Å². The minimum absolute atomic E-state index is 0.0497. The Hall–Kier alpha value is -3.17. The molecule has 0 unspecified atom stereocenters. The summed E-state index contributed by atoms with van der Waals surface area (Å²) < 4.78 is 32.3. The van der Waals surface area contributed by atoms with E-state index in [4.69, 9.17) is 4.42 Å². The molecular weight excluding hydrogens is 404 g/mol. The maximum Gasteiger partial charge on any atom is 0.255 e. The maximum absolute atomic E-state index is 12.5. The van der Waals surface area contributed by atoms with Gasteiger partial charge in [0.15, 0.2) is 0 Å². The molecule has 2 N–H and O–H groups in total. The van der Waals surface area contributed by atoms with Gasteiger partial charge in [0.2, 0.25) is 10.0 Å². The Labute approximate surface area is 176 Å². The third-order valence-corrected chi connectivity index (χ3v) is 5.95. The van der Waals surface area contributed by atoms with E-state index < -0.39 is 10.0 Å². The molecule has 3 aromatic rings. The molecule has 9 heteroatoms. The number of aromatic nitrogens is 1. The minimum Gasteiger partial charge on any atom is -0.468 e. The van der Waals surface area contributed by atoms with Gasteiger partial charge in [-0.1, -0.05) is 0 Å². The molecule has 158 valence electrons. The SMILES string of the molecule is CCN(CC)c1ccc(NC(=O)c2ccc(S(=O)(=O)NCc3ccco3)cc2)cn1. The van der Waals surface area contributed by atoms with Gasteiger partial charge in [-0.25, -0.2) is 18.1 Å². The van der Waals surface area contributed by atoms with E-state index in [1.54, 1.807) is 24.4 Å². The highest BCUT2D eigenvalue weighted by Crippen LogP contribution is 2.16. The molecule has 0 aliphatic rings. The molecule has 0 aliphatic heterocycles. The topological polar surface area (TPSA) is 105 Å². The normalized spacial score (nSPS) is 11.3. The first kappa shape index (κ1) is 21.5. The summed E-state index contributed by atoms with van der Waals surface area (Å²) in [7, 11) is -3.71. The van der Waals surface area contributed by atoms with Crippen LogP contribution in [0.4, 0.5) is 11.5 Å². The summed E-state index contributed by atoms with van der Waals surface area (Å²) in [5.74, 6) is 1.00. The van der Waals surface area contributed by atoms with E-state index in [-0.39, 0.29) is 17.3 Å². The lowest BCUT2D eigenvalue weighted by Gasteiger charge is -2.19. The quantitative estimate of drug-likeness (QED) is 0.542. The van der Waals surface area contributed by atoms with Gasteiger partial charge in [0, 0.05) is 18.7 Å². The second kappa shape index (κ2) is 9.55. The Morgan fingerprint density at radius 3 is 2.37 bits per heavy atom. The highest BCUT2D eigenvalue weighted by atomic mass is 32.2. The molecule has 2 heterocycles. The number of benzene rings is 1. The van der Waals surface area contributed by atoms with Gasteiger partial charge in [-0.15, -0.1) is 0 Å². The van der Waals surface area contributed by atoms with Crippen molar-refractivity contribution in [2.24, 2.45) is 0 Å². The van der Waals surface area contributed by atoms with E-state index in [0.29, 0.717) is 17.0 Å². The van der Waals surface area contributed by atoms with E-state index >= 15 is 0 Å². The van der Waals surface area contributed by atoms with Crippen molar-refractivity contribution >= 4 is 27.4 Å². The van der Waals surface area contributed by atoms with Crippen molar-refractivity contribution in [1.82, 2.24) is 9.71 Å². The Balaban J connectivity index is 1.63. The fourth-order valence-corrected chi connectivity index (χ4v) is 3.84. The van der Waals surface area contributed by atoms with Gasteiger partial charge >= 0.3 is 0 Å². The number of hydrogen-bond donors (Lipinski definition) is 2. The first-order valence-corrected chi connectivity index (χ1v) is 11.1. The first-order chi connectivity index (χ1) is 14.4. The second-order valence-electron chi connectivity index (χ2n) is 6.46. The number of amides is 1. The van der Waals surface area contributed by atoms with Crippen molar-refractivity contribution < 1.29 is 17.6 Å². The van der Waals surface area contributed by atoms with Crippen LogP contribution in [0, 0.1) is 0 Å². The molecule has 0 bridgehead atoms. The van der Waals surface area contributed by atoms with Crippen LogP contribution < -0.4 is 14.9 Å². The van der Waals surface area contributed by atoms with Gasteiger partial charge in [0.05, 0.1) is 29.6 Å². The summed E-state index contributed by atoms with van der Waals surface area (Å²) in [5.41, 5.74) is 0.903. The zero-order valence-corrected chi connectivity index (χ0v) is 17.6. The van der Waals surface area contributed by atoms with Crippen LogP contribution in [-0.4, -0.2) is 32.4 Å². The third kappa shape index (κ3) is 5.25. The molecule has 8 nitrogen and oxygen atoms in total. The van der Waals surface area contributed by atoms with E-state index in [9.17, 15) is 13.2 Å². The summed E-state index contributed by atoms with van der Waals surface area (Å²) in [5, 5.41) is 2.76. The van der Waals surface area contributed by atoms with Crippen molar-refractivity contribution in [3.05, 3.63) is 72.3 Å². The predicted octanol–water partition coefficient (Wildman–Crippen LogP) is 3.25. The van der Waals surface area contributed by atoms with E-state index in [0.717, 1.165) is 18.9 Å². The molecule has 0 saturated heterocycles. The van der Waals surface area contributed by atoms with Crippen LogP contribution in [0.3, 0.4) is 0 Å². The van der Waals surface area contributed by atoms with E-state index in [2.05, 4.69) is 33.8 Å². The van der Waals surface area contributed by atoms with Crippen LogP contribution in [0.1, 0.15) is 30.0 Å². The van der Waals surface area contributed by atoms with Crippen LogP contribution in [0.15, 0.2) is 70.3 Å². The zero-order chi connectivity index (χ0) is 21.6. The maximum atomic E-state index is 12.5. The van der Waals surface area contributed by atoms with Crippen LogP contribution in [0.2, 0.25) is 0 Å². The highest BCUT2D eigenvalue weighted by Gasteiger charge is 2.15. The molecule has 0 aliphatic carbocycles. The Bertz CT molecular complexity index is 1060. The molecule has 2 aromatic heterocycles. The largest absolute Gasteiger partial charge is 0.468 e. The molecule has 3 rings (SSSR count). The molecule has 0 fully saturated rings. The van der Waals surface area contributed by atoms with E-state index in [1.165, 1.54) is 30.5 Å². The number of nitrogens with zero attached hydrogens (tertiary/aromatic N) is 2. The molecule has 0 radical (unpaired) electrons. The van der Waals surface area contributed by atoms with Gasteiger partial charge in [0.25, 0.3) is 5.91 Å². The first-order valence-electron chi connectivity index (χ1n) is 9.57. The molecule has 0 atom stereocenters. The third-order valence-electron chi connectivity index (χ3n) is 4.54. The summed E-state index contributed by atoms with van der Waals surface area (Å²) in [6, 6.07) is 12.7. The number of anilines is 2. The second-order valence-corrected chi connectivity index (χ2v) is 8.23. The summed E-state index contributed by atoms with van der Waals surface area (Å²) in [6.07, 6.45) is 3.08. The minimum atomic E-state index is -3.71. The van der Waals surface area contributed by atoms with Gasteiger partial charge in [-0.05, 0) is 62.4 Å². The van der Waals surface area contributed by atoms with Crippen LogP contribution >= 0.6 is 0 Å². The molecule has 0 saturated carbocycles. The lowest BCUT2D eigenvalue weighted by atomic mass is 10.2. The Morgan fingerprint density at radius 1 is 1.07 bits per heavy atom. The molecule has 1 amide bonds. The van der Waals surface area contributed by atoms with Crippen molar-refractivity contribution in [2.45, 2.75) is 25.3 Å². The molecular formula is C21H24N4O4S. The number of hydrogen-bond acceptors (Lipinski definition) is 6. The summed E-state index contributed by atoms with van der Waals surface area (Å²) >= 11 is 0. The summed E-state index contributed by atoms with van der Waals surface area (Å²) in [4.78, 5) is 19.0. The van der Waals surface area contributed by atoms with Crippen molar-refractivity contribution in [3.63, 3.8) is 0 Å². The fourth-order valence-electron chi connectivity index (χ4n) is 2.85. The monoisotopic (exact) mass is 428 g/mol. The average molecular weight is 429 g/mol. The number of pyridine rings is 1. The Kier molecular flexibility index (Phi) is 6.86. The molecule has 30 heavy (non-hydrogen) atoms. The fraction of sp³-hybridized carbons (Fsp3) is 0.238.